The highest BCUT2D eigenvalue weighted by Gasteiger charge is 2.17. The van der Waals surface area contributed by atoms with Crippen LogP contribution >= 0.6 is 0 Å². The van der Waals surface area contributed by atoms with Gasteiger partial charge in [-0.2, -0.15) is 5.10 Å². The van der Waals surface area contributed by atoms with E-state index in [-0.39, 0.29) is 5.91 Å². The number of carbonyl (C=O) groups excluding carboxylic acids is 1. The molecule has 100 valence electrons. The van der Waals surface area contributed by atoms with E-state index in [1.807, 2.05) is 25.1 Å². The number of aryl methyl sites for hydroxylation is 3. The van der Waals surface area contributed by atoms with E-state index in [2.05, 4.69) is 15.4 Å². The van der Waals surface area contributed by atoms with Crippen LogP contribution in [0.3, 0.4) is 0 Å². The van der Waals surface area contributed by atoms with Gasteiger partial charge in [0, 0.05) is 12.7 Å². The molecule has 6 nitrogen and oxygen atoms in total. The third kappa shape index (κ3) is 2.73. The first-order valence-corrected chi connectivity index (χ1v) is 5.99. The molecule has 0 aromatic carbocycles. The summed E-state index contributed by atoms with van der Waals surface area (Å²) in [7, 11) is 1.70. The van der Waals surface area contributed by atoms with E-state index in [9.17, 15) is 4.79 Å². The van der Waals surface area contributed by atoms with Gasteiger partial charge in [-0.3, -0.25) is 14.5 Å². The van der Waals surface area contributed by atoms with Crippen molar-refractivity contribution in [1.29, 1.82) is 0 Å². The van der Waals surface area contributed by atoms with Crippen LogP contribution in [-0.2, 0) is 13.6 Å². The van der Waals surface area contributed by atoms with Crippen LogP contribution in [0.25, 0.3) is 0 Å². The van der Waals surface area contributed by atoms with E-state index in [4.69, 9.17) is 5.73 Å². The Labute approximate surface area is 111 Å². The molecule has 6 heteroatoms. The zero-order valence-electron chi connectivity index (χ0n) is 11.3. The third-order valence-electron chi connectivity index (χ3n) is 2.86. The first kappa shape index (κ1) is 13.1. The Morgan fingerprint density at radius 3 is 2.74 bits per heavy atom. The molecule has 2 rings (SSSR count). The predicted octanol–water partition coefficient (Wildman–Crippen LogP) is 0.944. The summed E-state index contributed by atoms with van der Waals surface area (Å²) in [6.07, 6.45) is 0. The van der Waals surface area contributed by atoms with E-state index in [0.29, 0.717) is 23.6 Å². The maximum Gasteiger partial charge on any atom is 0.272 e. The fourth-order valence-corrected chi connectivity index (χ4v) is 1.90. The summed E-state index contributed by atoms with van der Waals surface area (Å²) < 4.78 is 1.49. The third-order valence-corrected chi connectivity index (χ3v) is 2.86. The predicted molar refractivity (Wildman–Crippen MR) is 72.5 cm³/mol. The van der Waals surface area contributed by atoms with Gasteiger partial charge >= 0.3 is 0 Å². The molecule has 0 saturated heterocycles. The first-order chi connectivity index (χ1) is 8.99. The summed E-state index contributed by atoms with van der Waals surface area (Å²) >= 11 is 0. The van der Waals surface area contributed by atoms with Crippen molar-refractivity contribution in [2.75, 3.05) is 5.73 Å². The highest BCUT2D eigenvalue weighted by molar-refractivity contribution is 5.97. The largest absolute Gasteiger partial charge is 0.395 e. The van der Waals surface area contributed by atoms with E-state index in [1.165, 1.54) is 4.68 Å². The molecule has 0 aliphatic heterocycles. The summed E-state index contributed by atoms with van der Waals surface area (Å²) in [6.45, 7) is 4.05. The number of aromatic nitrogens is 3. The quantitative estimate of drug-likeness (QED) is 0.859. The second-order valence-electron chi connectivity index (χ2n) is 4.42. The lowest BCUT2D eigenvalue weighted by molar-refractivity contribution is 0.0942. The molecule has 3 N–H and O–H groups in total. The second-order valence-corrected chi connectivity index (χ2v) is 4.42. The molecule has 2 aromatic heterocycles. The minimum absolute atomic E-state index is 0.246. The Bertz CT molecular complexity index is 617. The molecule has 2 heterocycles. The smallest absolute Gasteiger partial charge is 0.272 e. The van der Waals surface area contributed by atoms with Crippen LogP contribution in [0.5, 0.6) is 0 Å². The number of nitrogens with two attached hydrogens (primary N) is 1. The summed E-state index contributed by atoms with van der Waals surface area (Å²) in [5.74, 6) is -0.246. The monoisotopic (exact) mass is 259 g/mol. The standard InChI is InChI=1S/C13H17N5O/c1-8-5-4-6-10(16-8)7-15-13(19)12-11(14)9(2)17-18(12)3/h4-6H,7,14H2,1-3H3,(H,15,19). The van der Waals surface area contributed by atoms with E-state index < -0.39 is 0 Å². The molecule has 0 radical (unpaired) electrons. The van der Waals surface area contributed by atoms with Gasteiger partial charge in [0.15, 0.2) is 0 Å². The molecule has 0 atom stereocenters. The Balaban J connectivity index is 2.10. The number of nitrogens with zero attached hydrogens (tertiary/aromatic N) is 3. The van der Waals surface area contributed by atoms with Crippen molar-refractivity contribution in [3.05, 3.63) is 41.0 Å². The molecule has 0 spiro atoms. The number of hydrogen-bond acceptors (Lipinski definition) is 4. The van der Waals surface area contributed by atoms with Gasteiger partial charge in [0.25, 0.3) is 5.91 Å². The number of nitrogen functional groups attached to an aromatic ring is 1. The highest BCUT2D eigenvalue weighted by atomic mass is 16.2. The normalized spacial score (nSPS) is 10.5. The first-order valence-electron chi connectivity index (χ1n) is 5.99. The van der Waals surface area contributed by atoms with Crippen LogP contribution in [0.4, 0.5) is 5.69 Å². The molecule has 0 aliphatic rings. The van der Waals surface area contributed by atoms with Crippen molar-refractivity contribution in [1.82, 2.24) is 20.1 Å². The lowest BCUT2D eigenvalue weighted by Crippen LogP contribution is -2.26. The van der Waals surface area contributed by atoms with Crippen LogP contribution in [0.15, 0.2) is 18.2 Å². The maximum absolute atomic E-state index is 12.1. The molecule has 0 unspecified atom stereocenters. The fourth-order valence-electron chi connectivity index (χ4n) is 1.90. The molecule has 2 aromatic rings. The van der Waals surface area contributed by atoms with E-state index in [1.54, 1.807) is 14.0 Å². The van der Waals surface area contributed by atoms with Gasteiger partial charge in [0.2, 0.25) is 0 Å². The van der Waals surface area contributed by atoms with Gasteiger partial charge < -0.3 is 11.1 Å². The van der Waals surface area contributed by atoms with Crippen LogP contribution in [0.2, 0.25) is 0 Å². The molecule has 0 saturated carbocycles. The zero-order chi connectivity index (χ0) is 14.0. The van der Waals surface area contributed by atoms with Crippen molar-refractivity contribution < 1.29 is 4.79 Å². The molecule has 0 bridgehead atoms. The molecule has 0 aliphatic carbocycles. The number of pyridine rings is 1. The molecule has 19 heavy (non-hydrogen) atoms. The van der Waals surface area contributed by atoms with Crippen molar-refractivity contribution in [2.24, 2.45) is 7.05 Å². The minimum atomic E-state index is -0.246. The maximum atomic E-state index is 12.1. The number of carbonyl (C=O) groups is 1. The Morgan fingerprint density at radius 2 is 2.16 bits per heavy atom. The number of nitrogens with one attached hydrogen (secondary N) is 1. The second kappa shape index (κ2) is 5.09. The van der Waals surface area contributed by atoms with Gasteiger partial charge in [-0.15, -0.1) is 0 Å². The SMILES string of the molecule is Cc1cccc(CNC(=O)c2c(N)c(C)nn2C)n1. The van der Waals surface area contributed by atoms with E-state index in [0.717, 1.165) is 11.4 Å². The van der Waals surface area contributed by atoms with Gasteiger partial charge in [-0.1, -0.05) is 6.07 Å². The van der Waals surface area contributed by atoms with Crippen LogP contribution < -0.4 is 11.1 Å². The highest BCUT2D eigenvalue weighted by Crippen LogP contribution is 2.14. The fraction of sp³-hybridized carbons (Fsp3) is 0.308. The Kier molecular flexibility index (Phi) is 3.50. The molecule has 0 fully saturated rings. The van der Waals surface area contributed by atoms with Crippen molar-refractivity contribution in [3.8, 4) is 0 Å². The average molecular weight is 259 g/mol. The van der Waals surface area contributed by atoms with Gasteiger partial charge in [-0.05, 0) is 26.0 Å². The van der Waals surface area contributed by atoms with E-state index >= 15 is 0 Å². The van der Waals surface area contributed by atoms with Crippen LogP contribution in [0, 0.1) is 13.8 Å². The lowest BCUT2D eigenvalue weighted by atomic mass is 10.2. The lowest BCUT2D eigenvalue weighted by Gasteiger charge is -2.06. The van der Waals surface area contributed by atoms with Crippen LogP contribution in [0.1, 0.15) is 27.6 Å². The van der Waals surface area contributed by atoms with Crippen molar-refractivity contribution in [3.63, 3.8) is 0 Å². The molecule has 1 amide bonds. The molecular formula is C13H17N5O. The number of hydrogen-bond donors (Lipinski definition) is 2. The topological polar surface area (TPSA) is 85.8 Å². The number of anilines is 1. The zero-order valence-corrected chi connectivity index (χ0v) is 11.3. The minimum Gasteiger partial charge on any atom is -0.395 e. The summed E-state index contributed by atoms with van der Waals surface area (Å²) in [5, 5.41) is 6.91. The summed E-state index contributed by atoms with van der Waals surface area (Å²) in [4.78, 5) is 16.4. The van der Waals surface area contributed by atoms with Gasteiger partial charge in [0.1, 0.15) is 5.69 Å². The van der Waals surface area contributed by atoms with Crippen molar-refractivity contribution >= 4 is 11.6 Å². The summed E-state index contributed by atoms with van der Waals surface area (Å²) in [5.41, 5.74) is 9.02. The number of rotatable bonds is 3. The van der Waals surface area contributed by atoms with Crippen molar-refractivity contribution in [2.45, 2.75) is 20.4 Å². The Morgan fingerprint density at radius 1 is 1.42 bits per heavy atom. The Hall–Kier alpha value is -2.37. The molecular weight excluding hydrogens is 242 g/mol. The summed E-state index contributed by atoms with van der Waals surface area (Å²) in [6, 6.07) is 5.69. The number of amides is 1. The van der Waals surface area contributed by atoms with Crippen LogP contribution in [-0.4, -0.2) is 20.7 Å². The van der Waals surface area contributed by atoms with Gasteiger partial charge in [-0.25, -0.2) is 0 Å². The average Bonchev–Trinajstić information content (AvgIpc) is 2.61. The van der Waals surface area contributed by atoms with Gasteiger partial charge in [0.05, 0.1) is 23.6 Å².